The van der Waals surface area contributed by atoms with Gasteiger partial charge in [-0.15, -0.1) is 0 Å². The molecule has 70 valence electrons. The molecule has 0 N–H and O–H groups in total. The van der Waals surface area contributed by atoms with E-state index < -0.39 is 0 Å². The molecule has 1 aliphatic rings. The number of nitrogens with zero attached hydrogens (tertiary/aromatic N) is 1. The fraction of sp³-hybridized carbons (Fsp3) is 0.455. The molecule has 1 aromatic carbocycles. The van der Waals surface area contributed by atoms with Crippen LogP contribution in [-0.2, 0) is 0 Å². The maximum atomic E-state index is 3.59. The highest BCUT2D eigenvalue weighted by atomic mass is 79.9. The van der Waals surface area contributed by atoms with Gasteiger partial charge in [0.15, 0.2) is 0 Å². The van der Waals surface area contributed by atoms with Gasteiger partial charge in [0.2, 0.25) is 0 Å². The van der Waals surface area contributed by atoms with Crippen LogP contribution in [0.2, 0.25) is 0 Å². The van der Waals surface area contributed by atoms with Crippen LogP contribution in [0.3, 0.4) is 0 Å². The molecule has 1 heterocycles. The van der Waals surface area contributed by atoms with Crippen molar-refractivity contribution in [2.75, 3.05) is 13.1 Å². The monoisotopic (exact) mass is 239 g/mol. The van der Waals surface area contributed by atoms with Gasteiger partial charge in [0, 0.05) is 10.5 Å². The molecule has 0 spiro atoms. The molecule has 1 fully saturated rings. The van der Waals surface area contributed by atoms with Crippen molar-refractivity contribution in [1.82, 2.24) is 4.90 Å². The van der Waals surface area contributed by atoms with Gasteiger partial charge in [-0.2, -0.15) is 0 Å². The van der Waals surface area contributed by atoms with E-state index in [0.717, 1.165) is 0 Å². The van der Waals surface area contributed by atoms with E-state index in [4.69, 9.17) is 0 Å². The Balaban J connectivity index is 2.18. The molecule has 1 aromatic rings. The third-order valence-corrected chi connectivity index (χ3v) is 3.52. The normalized spacial score (nSPS) is 19.5. The summed E-state index contributed by atoms with van der Waals surface area (Å²) in [5, 5.41) is 0. The van der Waals surface area contributed by atoms with Crippen LogP contribution in [0.5, 0.6) is 0 Å². The SMILES string of the molecule is CC(c1ccccc1Br)N1CCC1. The highest BCUT2D eigenvalue weighted by Gasteiger charge is 2.22. The van der Waals surface area contributed by atoms with Crippen molar-refractivity contribution < 1.29 is 0 Å². The lowest BCUT2D eigenvalue weighted by Crippen LogP contribution is -2.39. The topological polar surface area (TPSA) is 3.24 Å². The van der Waals surface area contributed by atoms with Gasteiger partial charge in [-0.25, -0.2) is 0 Å². The summed E-state index contributed by atoms with van der Waals surface area (Å²) in [7, 11) is 0. The molecule has 1 aliphatic heterocycles. The molecular weight excluding hydrogens is 226 g/mol. The van der Waals surface area contributed by atoms with Crippen LogP contribution in [-0.4, -0.2) is 18.0 Å². The number of likely N-dealkylation sites (tertiary alicyclic amines) is 1. The van der Waals surface area contributed by atoms with Gasteiger partial charge in [-0.05, 0) is 38.1 Å². The van der Waals surface area contributed by atoms with Crippen LogP contribution in [0.15, 0.2) is 28.7 Å². The van der Waals surface area contributed by atoms with E-state index in [2.05, 4.69) is 52.0 Å². The van der Waals surface area contributed by atoms with Crippen LogP contribution < -0.4 is 0 Å². The summed E-state index contributed by atoms with van der Waals surface area (Å²) in [6, 6.07) is 9.05. The smallest absolute Gasteiger partial charge is 0.0331 e. The summed E-state index contributed by atoms with van der Waals surface area (Å²) in [5.74, 6) is 0. The van der Waals surface area contributed by atoms with Gasteiger partial charge >= 0.3 is 0 Å². The zero-order valence-corrected chi connectivity index (χ0v) is 9.42. The molecule has 0 radical (unpaired) electrons. The molecule has 0 bridgehead atoms. The van der Waals surface area contributed by atoms with E-state index in [-0.39, 0.29) is 0 Å². The Morgan fingerprint density at radius 3 is 2.54 bits per heavy atom. The summed E-state index contributed by atoms with van der Waals surface area (Å²) in [6.07, 6.45) is 1.36. The second-order valence-corrected chi connectivity index (χ2v) is 4.44. The first-order valence-electron chi connectivity index (χ1n) is 4.77. The maximum absolute atomic E-state index is 3.59. The number of hydrogen-bond acceptors (Lipinski definition) is 1. The zero-order chi connectivity index (χ0) is 9.26. The molecule has 1 saturated heterocycles. The molecule has 0 aliphatic carbocycles. The van der Waals surface area contributed by atoms with Crippen molar-refractivity contribution in [3.05, 3.63) is 34.3 Å². The minimum absolute atomic E-state index is 0.560. The largest absolute Gasteiger partial charge is 0.296 e. The Hall–Kier alpha value is -0.340. The van der Waals surface area contributed by atoms with Gasteiger partial charge in [-0.1, -0.05) is 34.1 Å². The highest BCUT2D eigenvalue weighted by Crippen LogP contribution is 2.29. The lowest BCUT2D eigenvalue weighted by molar-refractivity contribution is 0.128. The van der Waals surface area contributed by atoms with E-state index in [1.165, 1.54) is 29.5 Å². The molecule has 0 aromatic heterocycles. The quantitative estimate of drug-likeness (QED) is 0.767. The Bertz CT molecular complexity index is 294. The van der Waals surface area contributed by atoms with Gasteiger partial charge < -0.3 is 0 Å². The third kappa shape index (κ3) is 1.79. The first kappa shape index (κ1) is 9.22. The van der Waals surface area contributed by atoms with Crippen molar-refractivity contribution in [3.63, 3.8) is 0 Å². The third-order valence-electron chi connectivity index (χ3n) is 2.79. The van der Waals surface area contributed by atoms with E-state index >= 15 is 0 Å². The van der Waals surface area contributed by atoms with Gasteiger partial charge in [-0.3, -0.25) is 4.90 Å². The lowest BCUT2D eigenvalue weighted by Gasteiger charge is -2.37. The van der Waals surface area contributed by atoms with Gasteiger partial charge in [0.05, 0.1) is 0 Å². The van der Waals surface area contributed by atoms with Crippen LogP contribution in [0.1, 0.15) is 24.9 Å². The van der Waals surface area contributed by atoms with E-state index in [1.807, 2.05) is 0 Å². The summed E-state index contributed by atoms with van der Waals surface area (Å²) in [6.45, 7) is 4.78. The Kier molecular flexibility index (Phi) is 2.70. The minimum Gasteiger partial charge on any atom is -0.296 e. The van der Waals surface area contributed by atoms with Crippen LogP contribution in [0.4, 0.5) is 0 Å². The Morgan fingerprint density at radius 2 is 2.00 bits per heavy atom. The average molecular weight is 240 g/mol. The van der Waals surface area contributed by atoms with Crippen LogP contribution in [0.25, 0.3) is 0 Å². The first-order chi connectivity index (χ1) is 6.29. The van der Waals surface area contributed by atoms with Gasteiger partial charge in [0.1, 0.15) is 0 Å². The van der Waals surface area contributed by atoms with Crippen molar-refractivity contribution in [2.24, 2.45) is 0 Å². The van der Waals surface area contributed by atoms with Crippen molar-refractivity contribution >= 4 is 15.9 Å². The predicted octanol–water partition coefficient (Wildman–Crippen LogP) is 3.22. The maximum Gasteiger partial charge on any atom is 0.0331 e. The highest BCUT2D eigenvalue weighted by molar-refractivity contribution is 9.10. The fourth-order valence-corrected chi connectivity index (χ4v) is 2.35. The van der Waals surface area contributed by atoms with E-state index in [0.29, 0.717) is 6.04 Å². The Labute approximate surface area is 87.9 Å². The summed E-state index contributed by atoms with van der Waals surface area (Å²) < 4.78 is 1.23. The molecule has 1 nitrogen and oxygen atoms in total. The zero-order valence-electron chi connectivity index (χ0n) is 7.83. The van der Waals surface area contributed by atoms with Crippen LogP contribution >= 0.6 is 15.9 Å². The van der Waals surface area contributed by atoms with Crippen molar-refractivity contribution in [3.8, 4) is 0 Å². The van der Waals surface area contributed by atoms with Crippen molar-refractivity contribution in [2.45, 2.75) is 19.4 Å². The lowest BCUT2D eigenvalue weighted by atomic mass is 10.0. The predicted molar refractivity (Wildman–Crippen MR) is 58.7 cm³/mol. The number of halogens is 1. The van der Waals surface area contributed by atoms with Crippen molar-refractivity contribution in [1.29, 1.82) is 0 Å². The summed E-state index contributed by atoms with van der Waals surface area (Å²) in [5.41, 5.74) is 1.40. The molecular formula is C11H14BrN. The minimum atomic E-state index is 0.560. The molecule has 2 heteroatoms. The first-order valence-corrected chi connectivity index (χ1v) is 5.57. The fourth-order valence-electron chi connectivity index (χ4n) is 1.74. The second kappa shape index (κ2) is 3.81. The van der Waals surface area contributed by atoms with E-state index in [1.54, 1.807) is 0 Å². The summed E-state index contributed by atoms with van der Waals surface area (Å²) >= 11 is 3.59. The average Bonchev–Trinajstić information content (AvgIpc) is 2.01. The number of rotatable bonds is 2. The number of benzene rings is 1. The number of hydrogen-bond donors (Lipinski definition) is 0. The molecule has 1 atom stereocenters. The molecule has 0 saturated carbocycles. The molecule has 2 rings (SSSR count). The van der Waals surface area contributed by atoms with Gasteiger partial charge in [0.25, 0.3) is 0 Å². The van der Waals surface area contributed by atoms with Crippen LogP contribution in [0, 0.1) is 0 Å². The summed E-state index contributed by atoms with van der Waals surface area (Å²) in [4.78, 5) is 2.50. The standard InChI is InChI=1S/C11H14BrN/c1-9(13-7-4-8-13)10-5-2-3-6-11(10)12/h2-3,5-6,9H,4,7-8H2,1H3. The molecule has 0 amide bonds. The Morgan fingerprint density at radius 1 is 1.31 bits per heavy atom. The molecule has 13 heavy (non-hydrogen) atoms. The van der Waals surface area contributed by atoms with E-state index in [9.17, 15) is 0 Å². The second-order valence-electron chi connectivity index (χ2n) is 3.59. The molecule has 1 unspecified atom stereocenters.